The van der Waals surface area contributed by atoms with Crippen molar-refractivity contribution in [1.82, 2.24) is 4.72 Å². The van der Waals surface area contributed by atoms with Crippen LogP contribution in [0.2, 0.25) is 0 Å². The minimum absolute atomic E-state index is 0.0841. The van der Waals surface area contributed by atoms with Crippen molar-refractivity contribution in [2.45, 2.75) is 38.7 Å². The lowest BCUT2D eigenvalue weighted by Gasteiger charge is -2.13. The molecule has 0 aliphatic rings. The van der Waals surface area contributed by atoms with E-state index in [-0.39, 0.29) is 17.5 Å². The molecule has 0 saturated heterocycles. The molecule has 0 atom stereocenters. The SMILES string of the molecule is Cc1cc(N)cc(S(=O)(=O)NCCOC(C)C)c1C. The fourth-order valence-electron chi connectivity index (χ4n) is 1.68. The maximum absolute atomic E-state index is 12.2. The normalized spacial score (nSPS) is 12.1. The van der Waals surface area contributed by atoms with Crippen LogP contribution in [0, 0.1) is 13.8 Å². The highest BCUT2D eigenvalue weighted by Gasteiger charge is 2.18. The number of anilines is 1. The fourth-order valence-corrected chi connectivity index (χ4v) is 3.04. The number of nitrogens with two attached hydrogens (primary N) is 1. The lowest BCUT2D eigenvalue weighted by Crippen LogP contribution is -2.29. The Morgan fingerprint density at radius 2 is 1.95 bits per heavy atom. The number of hydrogen-bond acceptors (Lipinski definition) is 4. The number of rotatable bonds is 6. The van der Waals surface area contributed by atoms with Crippen molar-refractivity contribution < 1.29 is 13.2 Å². The largest absolute Gasteiger partial charge is 0.399 e. The second-order valence-corrected chi connectivity index (χ2v) is 6.51. The van der Waals surface area contributed by atoms with E-state index < -0.39 is 10.0 Å². The lowest BCUT2D eigenvalue weighted by molar-refractivity contribution is 0.0834. The third-order valence-corrected chi connectivity index (χ3v) is 4.36. The summed E-state index contributed by atoms with van der Waals surface area (Å²) in [5.41, 5.74) is 7.72. The Kier molecular flexibility index (Phi) is 5.34. The molecule has 0 aromatic heterocycles. The Morgan fingerprint density at radius 1 is 1.32 bits per heavy atom. The Labute approximate surface area is 115 Å². The minimum atomic E-state index is -3.54. The Morgan fingerprint density at radius 3 is 2.53 bits per heavy atom. The third kappa shape index (κ3) is 4.49. The average Bonchev–Trinajstić information content (AvgIpc) is 2.29. The molecule has 0 aliphatic carbocycles. The van der Waals surface area contributed by atoms with Gasteiger partial charge in [-0.1, -0.05) is 0 Å². The monoisotopic (exact) mass is 286 g/mol. The van der Waals surface area contributed by atoms with E-state index in [4.69, 9.17) is 10.5 Å². The number of hydrogen-bond donors (Lipinski definition) is 2. The summed E-state index contributed by atoms with van der Waals surface area (Å²) in [5, 5.41) is 0. The second-order valence-electron chi connectivity index (χ2n) is 4.78. The van der Waals surface area contributed by atoms with E-state index in [1.165, 1.54) is 6.07 Å². The van der Waals surface area contributed by atoms with Crippen LogP contribution in [0.3, 0.4) is 0 Å². The molecule has 5 nitrogen and oxygen atoms in total. The quantitative estimate of drug-likeness (QED) is 0.614. The maximum atomic E-state index is 12.2. The van der Waals surface area contributed by atoms with E-state index in [1.54, 1.807) is 13.0 Å². The van der Waals surface area contributed by atoms with Crippen molar-refractivity contribution in [1.29, 1.82) is 0 Å². The van der Waals surface area contributed by atoms with Crippen molar-refractivity contribution in [3.63, 3.8) is 0 Å². The van der Waals surface area contributed by atoms with Crippen molar-refractivity contribution in [3.8, 4) is 0 Å². The van der Waals surface area contributed by atoms with Crippen molar-refractivity contribution in [2.24, 2.45) is 0 Å². The molecule has 1 rings (SSSR count). The van der Waals surface area contributed by atoms with Gasteiger partial charge < -0.3 is 10.5 Å². The Bertz CT molecular complexity index is 539. The van der Waals surface area contributed by atoms with Crippen LogP contribution in [0.5, 0.6) is 0 Å². The van der Waals surface area contributed by atoms with Gasteiger partial charge in [0.2, 0.25) is 10.0 Å². The summed E-state index contributed by atoms with van der Waals surface area (Å²) in [7, 11) is -3.54. The van der Waals surface area contributed by atoms with Gasteiger partial charge in [0.15, 0.2) is 0 Å². The van der Waals surface area contributed by atoms with Crippen molar-refractivity contribution >= 4 is 15.7 Å². The second kappa shape index (κ2) is 6.36. The summed E-state index contributed by atoms with van der Waals surface area (Å²) in [6, 6.07) is 3.24. The fraction of sp³-hybridized carbons (Fsp3) is 0.538. The van der Waals surface area contributed by atoms with Gasteiger partial charge in [0.05, 0.1) is 17.6 Å². The Balaban J connectivity index is 2.83. The van der Waals surface area contributed by atoms with Crippen LogP contribution in [-0.4, -0.2) is 27.7 Å². The van der Waals surface area contributed by atoms with Crippen LogP contribution in [0.25, 0.3) is 0 Å². The van der Waals surface area contributed by atoms with Gasteiger partial charge in [-0.15, -0.1) is 0 Å². The molecule has 1 aromatic carbocycles. The number of nitrogen functional groups attached to an aromatic ring is 1. The van der Waals surface area contributed by atoms with Crippen LogP contribution in [-0.2, 0) is 14.8 Å². The summed E-state index contributed by atoms with van der Waals surface area (Å²) >= 11 is 0. The molecule has 0 bridgehead atoms. The first kappa shape index (κ1) is 15.9. The van der Waals surface area contributed by atoms with E-state index in [0.717, 1.165) is 5.56 Å². The van der Waals surface area contributed by atoms with Gasteiger partial charge >= 0.3 is 0 Å². The highest BCUT2D eigenvalue weighted by molar-refractivity contribution is 7.89. The smallest absolute Gasteiger partial charge is 0.240 e. The van der Waals surface area contributed by atoms with Gasteiger partial charge in [0.25, 0.3) is 0 Å². The minimum Gasteiger partial charge on any atom is -0.399 e. The molecule has 108 valence electrons. The van der Waals surface area contributed by atoms with Crippen molar-refractivity contribution in [3.05, 3.63) is 23.3 Å². The molecule has 0 spiro atoms. The number of nitrogens with one attached hydrogen (secondary N) is 1. The molecular weight excluding hydrogens is 264 g/mol. The molecule has 0 aliphatic heterocycles. The molecule has 0 amide bonds. The summed E-state index contributed by atoms with van der Waals surface area (Å²) in [6.07, 6.45) is 0.0841. The standard InChI is InChI=1S/C13H22N2O3S/c1-9(2)18-6-5-15-19(16,17)13-8-12(14)7-10(3)11(13)4/h7-9,15H,5-6,14H2,1-4H3. The predicted octanol–water partition coefficient (Wildman–Crippen LogP) is 1.59. The van der Waals surface area contributed by atoms with Gasteiger partial charge in [0.1, 0.15) is 0 Å². The molecule has 0 saturated carbocycles. The number of aryl methyl sites for hydroxylation is 1. The number of sulfonamides is 1. The van der Waals surface area contributed by atoms with Crippen LogP contribution >= 0.6 is 0 Å². The van der Waals surface area contributed by atoms with E-state index in [1.807, 2.05) is 20.8 Å². The molecule has 19 heavy (non-hydrogen) atoms. The molecule has 0 heterocycles. The highest BCUT2D eigenvalue weighted by atomic mass is 32.2. The van der Waals surface area contributed by atoms with Gasteiger partial charge in [0, 0.05) is 12.2 Å². The molecule has 0 fully saturated rings. The Hall–Kier alpha value is -1.11. The lowest BCUT2D eigenvalue weighted by atomic mass is 10.1. The maximum Gasteiger partial charge on any atom is 0.240 e. The summed E-state index contributed by atoms with van der Waals surface area (Å²) in [6.45, 7) is 8.01. The van der Waals surface area contributed by atoms with Crippen LogP contribution < -0.4 is 10.5 Å². The van der Waals surface area contributed by atoms with Gasteiger partial charge in [-0.2, -0.15) is 0 Å². The van der Waals surface area contributed by atoms with Crippen LogP contribution in [0.1, 0.15) is 25.0 Å². The molecule has 6 heteroatoms. The zero-order chi connectivity index (χ0) is 14.6. The third-order valence-electron chi connectivity index (χ3n) is 2.78. The van der Waals surface area contributed by atoms with E-state index in [9.17, 15) is 8.42 Å². The molecule has 0 radical (unpaired) electrons. The molecule has 3 N–H and O–H groups in total. The zero-order valence-electron chi connectivity index (χ0n) is 11.9. The van der Waals surface area contributed by atoms with Gasteiger partial charge in [-0.3, -0.25) is 0 Å². The first-order valence-corrected chi connectivity index (χ1v) is 7.70. The summed E-state index contributed by atoms with van der Waals surface area (Å²) in [4.78, 5) is 0.231. The van der Waals surface area contributed by atoms with Gasteiger partial charge in [-0.05, 0) is 51.0 Å². The average molecular weight is 286 g/mol. The summed E-state index contributed by atoms with van der Waals surface area (Å²) in [5.74, 6) is 0. The first-order chi connectivity index (χ1) is 8.74. The van der Waals surface area contributed by atoms with Crippen molar-refractivity contribution in [2.75, 3.05) is 18.9 Å². The topological polar surface area (TPSA) is 81.4 Å². The highest BCUT2D eigenvalue weighted by Crippen LogP contribution is 2.21. The van der Waals surface area contributed by atoms with E-state index >= 15 is 0 Å². The molecule has 1 aromatic rings. The molecular formula is C13H22N2O3S. The van der Waals surface area contributed by atoms with Crippen LogP contribution in [0.15, 0.2) is 17.0 Å². The first-order valence-electron chi connectivity index (χ1n) is 6.22. The van der Waals surface area contributed by atoms with Gasteiger partial charge in [-0.25, -0.2) is 13.1 Å². The zero-order valence-corrected chi connectivity index (χ0v) is 12.7. The summed E-state index contributed by atoms with van der Waals surface area (Å²) < 4.78 is 32.2. The molecule has 0 unspecified atom stereocenters. The van der Waals surface area contributed by atoms with E-state index in [0.29, 0.717) is 17.9 Å². The number of ether oxygens (including phenoxy) is 1. The number of benzene rings is 1. The predicted molar refractivity (Wildman–Crippen MR) is 76.6 cm³/mol. The van der Waals surface area contributed by atoms with Crippen LogP contribution in [0.4, 0.5) is 5.69 Å². The van der Waals surface area contributed by atoms with E-state index in [2.05, 4.69) is 4.72 Å².